The van der Waals surface area contributed by atoms with Crippen LogP contribution in [0.4, 0.5) is 0 Å². The maximum atomic E-state index is 14.0. The smallest absolute Gasteiger partial charge is 0.327 e. The molecule has 0 saturated heterocycles. The van der Waals surface area contributed by atoms with Crippen molar-refractivity contribution in [2.75, 3.05) is 6.54 Å². The Morgan fingerprint density at radius 1 is 0.638 bits per heavy atom. The van der Waals surface area contributed by atoms with Gasteiger partial charge >= 0.3 is 11.9 Å². The third-order valence-corrected chi connectivity index (χ3v) is 9.45. The highest BCUT2D eigenvalue weighted by atomic mass is 16.4. The van der Waals surface area contributed by atoms with E-state index in [0.29, 0.717) is 11.1 Å². The molecule has 14 N–H and O–H groups in total. The number of nitrogens with two attached hydrogens (primary N) is 2. The molecule has 0 unspecified atom stereocenters. The van der Waals surface area contributed by atoms with E-state index < -0.39 is 96.8 Å². The number of hydrogen-bond donors (Lipinski definition) is 12. The van der Waals surface area contributed by atoms with E-state index in [2.05, 4.69) is 36.6 Å². The molecule has 0 bridgehead atoms. The summed E-state index contributed by atoms with van der Waals surface area (Å²) in [7, 11) is 0. The Balaban J connectivity index is 1.57. The standard InChI is InChI=1S/C39H51N9O10/c1-19(2)12-28(45-35(53)29(44-34(52)25(41)15-32(50)51)13-21-17-42-26-10-6-4-8-23(21)26)37(55)48-33(20(3)49)38(56)46-30(36(54)47-31(16-40)39(57)58)14-22-18-43-27-11-7-5-9-24(22)27/h4-11,17-20,25,28-31,33,42-43,49H,12-16,40-41H2,1-3H3,(H,44,52)(H,45,53)(H,46,56)(H,47,54)(H,48,55)(H,50,51)(H,57,58)/t20-,25+,28+,29+,30+,31+,33+/m1/s1. The number of H-pyrrole nitrogens is 2. The lowest BCUT2D eigenvalue weighted by Crippen LogP contribution is -2.62. The van der Waals surface area contributed by atoms with E-state index >= 15 is 0 Å². The Morgan fingerprint density at radius 2 is 1.09 bits per heavy atom. The SMILES string of the molecule is CC(C)C[C@H](NC(=O)[C@H](Cc1c[nH]c2ccccc12)NC(=O)[C@@H](N)CC(=O)O)C(=O)N[C@H](C(=O)N[C@@H](Cc1c[nH]c2ccccc12)C(=O)N[C@@H](CN)C(=O)O)[C@@H](C)O. The van der Waals surface area contributed by atoms with Crippen LogP contribution in [0.3, 0.4) is 0 Å². The van der Waals surface area contributed by atoms with Crippen LogP contribution in [0.25, 0.3) is 21.8 Å². The molecule has 0 aliphatic rings. The molecule has 4 aromatic rings. The minimum absolute atomic E-state index is 0.0409. The highest BCUT2D eigenvalue weighted by molar-refractivity contribution is 5.97. The van der Waals surface area contributed by atoms with E-state index in [9.17, 15) is 48.9 Å². The molecule has 0 spiro atoms. The highest BCUT2D eigenvalue weighted by Crippen LogP contribution is 2.21. The van der Waals surface area contributed by atoms with Crippen molar-refractivity contribution in [1.82, 2.24) is 36.6 Å². The number of aromatic nitrogens is 2. The second kappa shape index (κ2) is 20.2. The molecule has 5 amide bonds. The number of carboxylic acids is 2. The van der Waals surface area contributed by atoms with Gasteiger partial charge in [0.1, 0.15) is 30.2 Å². The van der Waals surface area contributed by atoms with Gasteiger partial charge in [0.2, 0.25) is 29.5 Å². The van der Waals surface area contributed by atoms with Crippen molar-refractivity contribution in [2.45, 2.75) is 88.8 Å². The minimum Gasteiger partial charge on any atom is -0.481 e. The Hall–Kier alpha value is -6.31. The number of hydrogen-bond acceptors (Lipinski definition) is 10. The molecule has 7 atom stereocenters. The molecule has 0 fully saturated rings. The maximum Gasteiger partial charge on any atom is 0.327 e. The minimum atomic E-state index is -1.67. The Labute approximate surface area is 333 Å². The van der Waals surface area contributed by atoms with Gasteiger partial charge in [-0.25, -0.2) is 4.79 Å². The molecule has 0 saturated carbocycles. The molecule has 2 aromatic carbocycles. The van der Waals surface area contributed by atoms with Crippen LogP contribution in [-0.4, -0.2) is 116 Å². The average Bonchev–Trinajstić information content (AvgIpc) is 3.77. The van der Waals surface area contributed by atoms with Gasteiger partial charge in [-0.15, -0.1) is 0 Å². The van der Waals surface area contributed by atoms with Crippen molar-refractivity contribution in [3.8, 4) is 0 Å². The number of aliphatic carboxylic acids is 2. The monoisotopic (exact) mass is 805 g/mol. The van der Waals surface area contributed by atoms with Crippen molar-refractivity contribution in [2.24, 2.45) is 17.4 Å². The van der Waals surface area contributed by atoms with Crippen molar-refractivity contribution >= 4 is 63.3 Å². The molecule has 0 aliphatic heterocycles. The average molecular weight is 806 g/mol. The number of aromatic amines is 2. The van der Waals surface area contributed by atoms with Crippen molar-refractivity contribution in [3.05, 3.63) is 72.1 Å². The van der Waals surface area contributed by atoms with E-state index in [1.807, 2.05) is 18.2 Å². The number of carbonyl (C=O) groups is 7. The summed E-state index contributed by atoms with van der Waals surface area (Å²) in [6.45, 7) is 4.35. The first-order valence-corrected chi connectivity index (χ1v) is 18.7. The fourth-order valence-electron chi connectivity index (χ4n) is 6.41. The lowest BCUT2D eigenvalue weighted by molar-refractivity contribution is -0.142. The summed E-state index contributed by atoms with van der Waals surface area (Å²) in [6, 6.07) is 5.73. The fraction of sp³-hybridized carbons (Fsp3) is 0.410. The Bertz CT molecular complexity index is 2110. The quantitative estimate of drug-likeness (QED) is 0.0489. The molecule has 0 radical (unpaired) electrons. The molecular weight excluding hydrogens is 754 g/mol. The van der Waals surface area contributed by atoms with E-state index in [4.69, 9.17) is 11.5 Å². The molecule has 2 heterocycles. The van der Waals surface area contributed by atoms with Crippen LogP contribution in [-0.2, 0) is 46.4 Å². The third kappa shape index (κ3) is 11.9. The van der Waals surface area contributed by atoms with Gasteiger partial charge < -0.3 is 63.3 Å². The van der Waals surface area contributed by atoms with E-state index in [1.165, 1.54) is 6.92 Å². The zero-order valence-electron chi connectivity index (χ0n) is 32.3. The second-order valence-electron chi connectivity index (χ2n) is 14.5. The van der Waals surface area contributed by atoms with Crippen molar-refractivity contribution in [3.63, 3.8) is 0 Å². The molecule has 58 heavy (non-hydrogen) atoms. The molecule has 2 aromatic heterocycles. The highest BCUT2D eigenvalue weighted by Gasteiger charge is 2.35. The summed E-state index contributed by atoms with van der Waals surface area (Å²) >= 11 is 0. The van der Waals surface area contributed by atoms with Gasteiger partial charge in [-0.1, -0.05) is 50.2 Å². The summed E-state index contributed by atoms with van der Waals surface area (Å²) in [5.74, 6) is -7.40. The van der Waals surface area contributed by atoms with Crippen LogP contribution in [0.1, 0.15) is 44.7 Å². The van der Waals surface area contributed by atoms with Gasteiger partial charge in [-0.2, -0.15) is 0 Å². The maximum absolute atomic E-state index is 14.0. The largest absolute Gasteiger partial charge is 0.481 e. The molecule has 0 aliphatic carbocycles. The summed E-state index contributed by atoms with van der Waals surface area (Å²) in [5, 5.41) is 43.4. The lowest BCUT2D eigenvalue weighted by Gasteiger charge is -2.28. The van der Waals surface area contributed by atoms with Gasteiger partial charge in [-0.3, -0.25) is 28.8 Å². The lowest BCUT2D eigenvalue weighted by atomic mass is 9.99. The van der Waals surface area contributed by atoms with Crippen LogP contribution >= 0.6 is 0 Å². The van der Waals surface area contributed by atoms with E-state index in [1.54, 1.807) is 56.6 Å². The predicted octanol–water partition coefficient (Wildman–Crippen LogP) is -0.869. The first kappa shape index (κ1) is 44.4. The zero-order valence-corrected chi connectivity index (χ0v) is 32.3. The molecule has 19 heteroatoms. The van der Waals surface area contributed by atoms with Crippen LogP contribution in [0.5, 0.6) is 0 Å². The second-order valence-corrected chi connectivity index (χ2v) is 14.5. The number of para-hydroxylation sites is 2. The van der Waals surface area contributed by atoms with E-state index in [0.717, 1.165) is 21.8 Å². The third-order valence-electron chi connectivity index (χ3n) is 9.45. The summed E-state index contributed by atoms with van der Waals surface area (Å²) in [6.07, 6.45) is 0.897. The van der Waals surface area contributed by atoms with Gasteiger partial charge in [0.25, 0.3) is 0 Å². The number of rotatable bonds is 21. The van der Waals surface area contributed by atoms with Gasteiger partial charge in [0.05, 0.1) is 18.6 Å². The van der Waals surface area contributed by atoms with Gasteiger partial charge in [0.15, 0.2) is 0 Å². The Kier molecular flexibility index (Phi) is 15.5. The number of carbonyl (C=O) groups excluding carboxylic acids is 5. The number of amides is 5. The zero-order chi connectivity index (χ0) is 42.7. The number of nitrogens with one attached hydrogen (secondary N) is 7. The number of fused-ring (bicyclic) bond motifs is 2. The molecule has 19 nitrogen and oxygen atoms in total. The molecule has 312 valence electrons. The first-order chi connectivity index (χ1) is 27.5. The van der Waals surface area contributed by atoms with Gasteiger partial charge in [0, 0.05) is 53.6 Å². The van der Waals surface area contributed by atoms with Crippen LogP contribution in [0.2, 0.25) is 0 Å². The van der Waals surface area contributed by atoms with Crippen molar-refractivity contribution < 1.29 is 48.9 Å². The number of benzene rings is 2. The van der Waals surface area contributed by atoms with Gasteiger partial charge in [-0.05, 0) is 42.5 Å². The first-order valence-electron chi connectivity index (χ1n) is 18.7. The Morgan fingerprint density at radius 3 is 1.53 bits per heavy atom. The summed E-state index contributed by atoms with van der Waals surface area (Å²) in [4.78, 5) is 97.3. The van der Waals surface area contributed by atoms with Crippen LogP contribution < -0.4 is 38.1 Å². The molecular formula is C39H51N9O10. The summed E-state index contributed by atoms with van der Waals surface area (Å²) < 4.78 is 0. The topological polar surface area (TPSA) is 324 Å². The summed E-state index contributed by atoms with van der Waals surface area (Å²) in [5.41, 5.74) is 14.1. The normalized spacial score (nSPS) is 15.0. The van der Waals surface area contributed by atoms with Crippen molar-refractivity contribution in [1.29, 1.82) is 0 Å². The fourth-order valence-corrected chi connectivity index (χ4v) is 6.41. The predicted molar refractivity (Wildman–Crippen MR) is 212 cm³/mol. The van der Waals surface area contributed by atoms with Crippen LogP contribution in [0, 0.1) is 5.92 Å². The number of aliphatic hydroxyl groups is 1. The molecule has 4 rings (SSSR count). The van der Waals surface area contributed by atoms with Crippen LogP contribution in [0.15, 0.2) is 60.9 Å². The number of carboxylic acid groups (broad SMARTS) is 2. The van der Waals surface area contributed by atoms with E-state index in [-0.39, 0.29) is 25.2 Å². The number of aliphatic hydroxyl groups excluding tert-OH is 1.